The Bertz CT molecular complexity index is 2630. The summed E-state index contributed by atoms with van der Waals surface area (Å²) in [6.45, 7) is 5.09. The quantitative estimate of drug-likeness (QED) is 0.0830. The molecule has 0 aliphatic rings. The molecular formula is C44H30O12. The second-order valence-corrected chi connectivity index (χ2v) is 12.7. The number of esters is 6. The van der Waals surface area contributed by atoms with Crippen molar-refractivity contribution in [3.05, 3.63) is 120 Å². The molecule has 7 aromatic rings. The summed E-state index contributed by atoms with van der Waals surface area (Å²) in [6.07, 6.45) is 0. The number of carbonyl (C=O) groups excluding carboxylic acids is 6. The van der Waals surface area contributed by atoms with Crippen LogP contribution in [0.25, 0.3) is 43.1 Å². The van der Waals surface area contributed by atoms with E-state index in [1.807, 2.05) is 0 Å². The largest absolute Gasteiger partial charge is 0.427 e. The SMILES string of the molecule is CC(=O)Oc1ccc2cc3c(OC(=O)c4cccc(C(=O)Oc5cc(OC(C)=O)cc6cc7cc(OC(C)=O)ccc7cc56)c4)cc(OC(C)=O)cc3cc2c1. The Morgan fingerprint density at radius 1 is 0.339 bits per heavy atom. The second-order valence-electron chi connectivity index (χ2n) is 12.7. The number of carbonyl (C=O) groups is 6. The molecule has 0 atom stereocenters. The molecule has 0 saturated heterocycles. The van der Waals surface area contributed by atoms with Crippen LogP contribution in [0, 0.1) is 0 Å². The first-order chi connectivity index (χ1) is 26.8. The standard InChI is InChI=1S/C44H30O12/c1-23(45)51-35-10-8-27-19-39-33(13-31(27)15-35)17-37(53-25(3)47)21-41(39)55-43(49)29-6-5-7-30(12-29)44(50)56-42-22-38(54-26(4)48)18-34-14-32-16-36(52-24(2)46)11-9-28(32)20-40(34)42/h5-22H,1-4H3. The Balaban J connectivity index is 1.20. The maximum atomic E-state index is 13.7. The molecule has 0 amide bonds. The Morgan fingerprint density at radius 3 is 1.11 bits per heavy atom. The van der Waals surface area contributed by atoms with E-state index in [0.29, 0.717) is 43.8 Å². The van der Waals surface area contributed by atoms with Gasteiger partial charge in [-0.2, -0.15) is 0 Å². The van der Waals surface area contributed by atoms with Gasteiger partial charge >= 0.3 is 35.8 Å². The summed E-state index contributed by atoms with van der Waals surface area (Å²) in [7, 11) is 0. The fraction of sp³-hybridized carbons (Fsp3) is 0.0909. The van der Waals surface area contributed by atoms with Crippen LogP contribution in [0.5, 0.6) is 34.5 Å². The van der Waals surface area contributed by atoms with Crippen LogP contribution in [0.4, 0.5) is 0 Å². The van der Waals surface area contributed by atoms with Crippen LogP contribution >= 0.6 is 0 Å². The van der Waals surface area contributed by atoms with Gasteiger partial charge in [-0.25, -0.2) is 9.59 Å². The molecule has 0 unspecified atom stereocenters. The van der Waals surface area contributed by atoms with Crippen molar-refractivity contribution < 1.29 is 57.2 Å². The van der Waals surface area contributed by atoms with Crippen LogP contribution in [0.15, 0.2) is 109 Å². The maximum absolute atomic E-state index is 13.7. The summed E-state index contributed by atoms with van der Waals surface area (Å²) < 4.78 is 32.9. The van der Waals surface area contributed by atoms with Gasteiger partial charge in [0.15, 0.2) is 0 Å². The molecule has 12 nitrogen and oxygen atoms in total. The molecule has 0 N–H and O–H groups in total. The van der Waals surface area contributed by atoms with Gasteiger partial charge in [-0.15, -0.1) is 0 Å². The maximum Gasteiger partial charge on any atom is 0.343 e. The van der Waals surface area contributed by atoms with Crippen LogP contribution in [-0.4, -0.2) is 35.8 Å². The summed E-state index contributed by atoms with van der Waals surface area (Å²) in [5.74, 6) is -2.61. The summed E-state index contributed by atoms with van der Waals surface area (Å²) in [5.41, 5.74) is 0.0378. The molecule has 0 bridgehead atoms. The zero-order valence-electron chi connectivity index (χ0n) is 30.3. The van der Waals surface area contributed by atoms with E-state index in [0.717, 1.165) is 10.8 Å². The Hall–Kier alpha value is -7.60. The summed E-state index contributed by atoms with van der Waals surface area (Å²) >= 11 is 0. The first-order valence-corrected chi connectivity index (χ1v) is 17.1. The van der Waals surface area contributed by atoms with E-state index in [1.54, 1.807) is 72.8 Å². The topological polar surface area (TPSA) is 158 Å². The minimum absolute atomic E-state index is 0.0189. The fourth-order valence-corrected chi connectivity index (χ4v) is 6.22. The van der Waals surface area contributed by atoms with Crippen molar-refractivity contribution in [1.29, 1.82) is 0 Å². The van der Waals surface area contributed by atoms with Crippen LogP contribution in [0.2, 0.25) is 0 Å². The number of benzene rings is 7. The Kier molecular flexibility index (Phi) is 9.86. The van der Waals surface area contributed by atoms with Gasteiger partial charge in [-0.1, -0.05) is 18.2 Å². The molecule has 0 spiro atoms. The van der Waals surface area contributed by atoms with Crippen molar-refractivity contribution in [3.8, 4) is 34.5 Å². The van der Waals surface area contributed by atoms with Gasteiger partial charge < -0.3 is 28.4 Å². The molecule has 7 rings (SSSR count). The van der Waals surface area contributed by atoms with Crippen molar-refractivity contribution >= 4 is 78.9 Å². The van der Waals surface area contributed by atoms with Gasteiger partial charge in [-0.3, -0.25) is 19.2 Å². The molecule has 0 fully saturated rings. The highest BCUT2D eigenvalue weighted by molar-refractivity contribution is 6.06. The average molecular weight is 751 g/mol. The smallest absolute Gasteiger partial charge is 0.343 e. The minimum Gasteiger partial charge on any atom is -0.427 e. The van der Waals surface area contributed by atoms with E-state index in [1.165, 1.54) is 64.1 Å². The van der Waals surface area contributed by atoms with Crippen molar-refractivity contribution in [2.75, 3.05) is 0 Å². The van der Waals surface area contributed by atoms with E-state index < -0.39 is 35.8 Å². The van der Waals surface area contributed by atoms with Gasteiger partial charge in [0.25, 0.3) is 0 Å². The molecule has 7 aromatic carbocycles. The summed E-state index contributed by atoms with van der Waals surface area (Å²) in [6, 6.07) is 29.1. The van der Waals surface area contributed by atoms with E-state index in [2.05, 4.69) is 0 Å². The van der Waals surface area contributed by atoms with Gasteiger partial charge in [0.2, 0.25) is 0 Å². The molecule has 0 saturated carbocycles. The molecular weight excluding hydrogens is 720 g/mol. The van der Waals surface area contributed by atoms with Crippen molar-refractivity contribution in [2.24, 2.45) is 0 Å². The van der Waals surface area contributed by atoms with Crippen molar-refractivity contribution in [1.82, 2.24) is 0 Å². The zero-order chi connectivity index (χ0) is 39.7. The number of rotatable bonds is 8. The average Bonchev–Trinajstić information content (AvgIpc) is 3.12. The van der Waals surface area contributed by atoms with E-state index >= 15 is 0 Å². The molecule has 0 aromatic heterocycles. The first-order valence-electron chi connectivity index (χ1n) is 17.1. The van der Waals surface area contributed by atoms with Crippen LogP contribution in [0.3, 0.4) is 0 Å². The monoisotopic (exact) mass is 750 g/mol. The third-order valence-electron chi connectivity index (χ3n) is 8.42. The molecule has 278 valence electrons. The Labute approximate surface area is 318 Å². The van der Waals surface area contributed by atoms with Crippen molar-refractivity contribution in [2.45, 2.75) is 27.7 Å². The lowest BCUT2D eigenvalue weighted by Gasteiger charge is -2.13. The van der Waals surface area contributed by atoms with E-state index in [-0.39, 0.29) is 34.1 Å². The van der Waals surface area contributed by atoms with E-state index in [4.69, 9.17) is 28.4 Å². The van der Waals surface area contributed by atoms with Crippen LogP contribution in [0.1, 0.15) is 48.4 Å². The third kappa shape index (κ3) is 8.14. The summed E-state index contributed by atoms with van der Waals surface area (Å²) in [4.78, 5) is 74.1. The lowest BCUT2D eigenvalue weighted by Crippen LogP contribution is -2.13. The molecule has 0 aliphatic heterocycles. The normalized spacial score (nSPS) is 10.9. The highest BCUT2D eigenvalue weighted by atomic mass is 16.6. The lowest BCUT2D eigenvalue weighted by atomic mass is 10.0. The van der Waals surface area contributed by atoms with Gasteiger partial charge in [0.1, 0.15) is 34.5 Å². The predicted octanol–water partition coefficient (Wildman–Crippen LogP) is 8.44. The number of hydrogen-bond acceptors (Lipinski definition) is 12. The first kappa shape index (κ1) is 36.7. The minimum atomic E-state index is -0.812. The lowest BCUT2D eigenvalue weighted by molar-refractivity contribution is -0.132. The fourth-order valence-electron chi connectivity index (χ4n) is 6.22. The molecule has 0 radical (unpaired) electrons. The third-order valence-corrected chi connectivity index (χ3v) is 8.42. The number of hydrogen-bond donors (Lipinski definition) is 0. The molecule has 0 heterocycles. The van der Waals surface area contributed by atoms with Gasteiger partial charge in [-0.05, 0) is 111 Å². The predicted molar refractivity (Wildman–Crippen MR) is 205 cm³/mol. The second kappa shape index (κ2) is 15.0. The van der Waals surface area contributed by atoms with Crippen LogP contribution < -0.4 is 28.4 Å². The number of ether oxygens (including phenoxy) is 6. The van der Waals surface area contributed by atoms with E-state index in [9.17, 15) is 28.8 Å². The van der Waals surface area contributed by atoms with Gasteiger partial charge in [0, 0.05) is 50.6 Å². The van der Waals surface area contributed by atoms with Crippen molar-refractivity contribution in [3.63, 3.8) is 0 Å². The van der Waals surface area contributed by atoms with Gasteiger partial charge in [0.05, 0.1) is 11.1 Å². The number of fused-ring (bicyclic) bond motifs is 4. The zero-order valence-corrected chi connectivity index (χ0v) is 30.3. The molecule has 0 aliphatic carbocycles. The highest BCUT2D eigenvalue weighted by Crippen LogP contribution is 2.38. The van der Waals surface area contributed by atoms with Crippen LogP contribution in [-0.2, 0) is 19.2 Å². The molecule has 12 heteroatoms. The summed E-state index contributed by atoms with van der Waals surface area (Å²) in [5, 5.41) is 5.11. The molecule has 56 heavy (non-hydrogen) atoms. The Morgan fingerprint density at radius 2 is 0.714 bits per heavy atom. The highest BCUT2D eigenvalue weighted by Gasteiger charge is 2.19.